The number of rotatable bonds is 3. The van der Waals surface area contributed by atoms with Gasteiger partial charge in [0, 0.05) is 26.1 Å². The molecule has 6 heteroatoms. The second kappa shape index (κ2) is 6.74. The van der Waals surface area contributed by atoms with Gasteiger partial charge in [0.2, 0.25) is 0 Å². The fourth-order valence-electron chi connectivity index (χ4n) is 4.26. The molecule has 2 aromatic rings. The van der Waals surface area contributed by atoms with Crippen molar-refractivity contribution in [1.82, 2.24) is 14.5 Å². The minimum atomic E-state index is -0.0158. The first kappa shape index (κ1) is 17.1. The number of likely N-dealkylation sites (tertiary alicyclic amines) is 1. The molecule has 0 bridgehead atoms. The first-order valence-electron chi connectivity index (χ1n) is 9.45. The Morgan fingerprint density at radius 1 is 1.27 bits per heavy atom. The van der Waals surface area contributed by atoms with E-state index < -0.39 is 0 Å². The smallest absolute Gasteiger partial charge is 0.261 e. The van der Waals surface area contributed by atoms with Crippen molar-refractivity contribution in [2.75, 3.05) is 19.7 Å². The minimum absolute atomic E-state index is 0.00461. The molecule has 0 saturated carbocycles. The number of benzene rings is 1. The van der Waals surface area contributed by atoms with E-state index in [9.17, 15) is 9.59 Å². The van der Waals surface area contributed by atoms with Crippen LogP contribution in [0, 0.1) is 11.8 Å². The van der Waals surface area contributed by atoms with Crippen LogP contribution in [0.25, 0.3) is 10.9 Å². The number of carbonyl (C=O) groups is 1. The van der Waals surface area contributed by atoms with E-state index in [0.717, 1.165) is 44.7 Å². The van der Waals surface area contributed by atoms with E-state index in [1.165, 1.54) is 0 Å². The third-order valence-corrected chi connectivity index (χ3v) is 5.37. The minimum Gasteiger partial charge on any atom is -0.484 e. The molecule has 1 aromatic heterocycles. The molecular weight excluding hydrogens is 330 g/mol. The molecule has 2 aliphatic rings. The number of hydrogen-bond acceptors (Lipinski definition) is 4. The Hall–Kier alpha value is -2.37. The van der Waals surface area contributed by atoms with E-state index in [1.54, 1.807) is 22.8 Å². The molecular formula is C20H25N3O3. The Balaban J connectivity index is 1.49. The highest BCUT2D eigenvalue weighted by Crippen LogP contribution is 2.22. The Labute approximate surface area is 152 Å². The van der Waals surface area contributed by atoms with Gasteiger partial charge in [-0.25, -0.2) is 4.98 Å². The summed E-state index contributed by atoms with van der Waals surface area (Å²) in [6.07, 6.45) is 2.98. The zero-order valence-electron chi connectivity index (χ0n) is 15.4. The van der Waals surface area contributed by atoms with Crippen LogP contribution in [0.15, 0.2) is 23.0 Å². The zero-order valence-corrected chi connectivity index (χ0v) is 15.4. The van der Waals surface area contributed by atoms with E-state index >= 15 is 0 Å². The van der Waals surface area contributed by atoms with Crippen molar-refractivity contribution in [2.24, 2.45) is 11.8 Å². The Kier molecular flexibility index (Phi) is 4.42. The van der Waals surface area contributed by atoms with Gasteiger partial charge in [-0.1, -0.05) is 13.8 Å². The van der Waals surface area contributed by atoms with Gasteiger partial charge in [-0.05, 0) is 42.9 Å². The molecule has 1 fully saturated rings. The molecule has 1 amide bonds. The van der Waals surface area contributed by atoms with Crippen LogP contribution in [0.5, 0.6) is 5.75 Å². The topological polar surface area (TPSA) is 64.4 Å². The van der Waals surface area contributed by atoms with Gasteiger partial charge in [-0.2, -0.15) is 0 Å². The zero-order chi connectivity index (χ0) is 18.3. The molecule has 0 N–H and O–H groups in total. The standard InChI is InChI=1S/C20H25N3O3/c1-13-8-14(2)11-22(10-13)19(24)12-26-15-5-6-17-16(9-15)20(25)23-7-3-4-18(23)21-17/h5-6,9,13-14H,3-4,7-8,10-12H2,1-2H3/t13-,14+. The highest BCUT2D eigenvalue weighted by Gasteiger charge is 2.25. The summed E-state index contributed by atoms with van der Waals surface area (Å²) in [4.78, 5) is 31.6. The first-order chi connectivity index (χ1) is 12.5. The molecule has 2 aliphatic heterocycles. The third kappa shape index (κ3) is 3.20. The van der Waals surface area contributed by atoms with Crippen LogP contribution < -0.4 is 10.3 Å². The fraction of sp³-hybridized carbons (Fsp3) is 0.550. The molecule has 138 valence electrons. The summed E-state index contributed by atoms with van der Waals surface area (Å²) < 4.78 is 7.45. The number of carbonyl (C=O) groups excluding carboxylic acids is 1. The molecule has 6 nitrogen and oxygen atoms in total. The second-order valence-electron chi connectivity index (χ2n) is 7.80. The number of amides is 1. The molecule has 0 unspecified atom stereocenters. The number of fused-ring (bicyclic) bond motifs is 2. The summed E-state index contributed by atoms with van der Waals surface area (Å²) >= 11 is 0. The predicted octanol–water partition coefficient (Wildman–Crippen LogP) is 2.23. The lowest BCUT2D eigenvalue weighted by atomic mass is 9.92. The van der Waals surface area contributed by atoms with Crippen LogP contribution in [0.4, 0.5) is 0 Å². The molecule has 0 radical (unpaired) electrons. The summed E-state index contributed by atoms with van der Waals surface area (Å²) in [5, 5.41) is 0.556. The molecule has 3 heterocycles. The van der Waals surface area contributed by atoms with Crippen LogP contribution in [0.3, 0.4) is 0 Å². The van der Waals surface area contributed by atoms with Gasteiger partial charge < -0.3 is 9.64 Å². The van der Waals surface area contributed by atoms with Crippen LogP contribution in [0.2, 0.25) is 0 Å². The van der Waals surface area contributed by atoms with Gasteiger partial charge in [-0.15, -0.1) is 0 Å². The SMILES string of the molecule is C[C@@H]1C[C@H](C)CN(C(=O)COc2ccc3nc4n(c(=O)c3c2)CCC4)C1. The number of hydrogen-bond donors (Lipinski definition) is 0. The van der Waals surface area contributed by atoms with Crippen LogP contribution >= 0.6 is 0 Å². The second-order valence-corrected chi connectivity index (χ2v) is 7.80. The lowest BCUT2D eigenvalue weighted by Crippen LogP contribution is -2.44. The van der Waals surface area contributed by atoms with Gasteiger partial charge in [-0.3, -0.25) is 14.2 Å². The number of ether oxygens (including phenoxy) is 1. The van der Waals surface area contributed by atoms with Crippen LogP contribution in [-0.4, -0.2) is 40.1 Å². The average molecular weight is 355 g/mol. The molecule has 0 aliphatic carbocycles. The number of aryl methyl sites for hydroxylation is 1. The number of nitrogens with zero attached hydrogens (tertiary/aromatic N) is 3. The summed E-state index contributed by atoms with van der Waals surface area (Å²) in [6, 6.07) is 5.31. The largest absolute Gasteiger partial charge is 0.484 e. The lowest BCUT2D eigenvalue weighted by Gasteiger charge is -2.34. The predicted molar refractivity (Wildman–Crippen MR) is 99.3 cm³/mol. The Morgan fingerprint density at radius 3 is 2.81 bits per heavy atom. The van der Waals surface area contributed by atoms with Crippen LogP contribution in [0.1, 0.15) is 32.5 Å². The van der Waals surface area contributed by atoms with Crippen molar-refractivity contribution in [3.8, 4) is 5.75 Å². The highest BCUT2D eigenvalue weighted by molar-refractivity contribution is 5.80. The number of piperidine rings is 1. The summed E-state index contributed by atoms with van der Waals surface area (Å²) in [5.74, 6) is 2.46. The summed E-state index contributed by atoms with van der Waals surface area (Å²) in [6.45, 7) is 6.68. The third-order valence-electron chi connectivity index (χ3n) is 5.37. The first-order valence-corrected chi connectivity index (χ1v) is 9.45. The van der Waals surface area contributed by atoms with E-state index in [4.69, 9.17) is 4.74 Å². The maximum absolute atomic E-state index is 12.6. The lowest BCUT2D eigenvalue weighted by molar-refractivity contribution is -0.136. The van der Waals surface area contributed by atoms with Crippen molar-refractivity contribution in [2.45, 2.75) is 39.7 Å². The van der Waals surface area contributed by atoms with Gasteiger partial charge in [0.1, 0.15) is 11.6 Å². The van der Waals surface area contributed by atoms with E-state index in [-0.39, 0.29) is 18.1 Å². The molecule has 0 spiro atoms. The van der Waals surface area contributed by atoms with Crippen molar-refractivity contribution in [1.29, 1.82) is 0 Å². The molecule has 26 heavy (non-hydrogen) atoms. The van der Waals surface area contributed by atoms with Gasteiger partial charge in [0.05, 0.1) is 10.9 Å². The van der Waals surface area contributed by atoms with E-state index in [0.29, 0.717) is 28.5 Å². The Bertz CT molecular complexity index is 895. The van der Waals surface area contributed by atoms with Crippen molar-refractivity contribution >= 4 is 16.8 Å². The highest BCUT2D eigenvalue weighted by atomic mass is 16.5. The van der Waals surface area contributed by atoms with Gasteiger partial charge in [0.25, 0.3) is 11.5 Å². The maximum Gasteiger partial charge on any atom is 0.261 e. The molecule has 4 rings (SSSR count). The van der Waals surface area contributed by atoms with E-state index in [2.05, 4.69) is 18.8 Å². The van der Waals surface area contributed by atoms with Crippen molar-refractivity contribution < 1.29 is 9.53 Å². The fourth-order valence-corrected chi connectivity index (χ4v) is 4.26. The van der Waals surface area contributed by atoms with Crippen LogP contribution in [-0.2, 0) is 17.8 Å². The molecule has 2 atom stereocenters. The summed E-state index contributed by atoms with van der Waals surface area (Å²) in [5.41, 5.74) is 0.679. The van der Waals surface area contributed by atoms with Crippen molar-refractivity contribution in [3.63, 3.8) is 0 Å². The van der Waals surface area contributed by atoms with Gasteiger partial charge in [0.15, 0.2) is 6.61 Å². The average Bonchev–Trinajstić information content (AvgIpc) is 3.08. The monoisotopic (exact) mass is 355 g/mol. The summed E-state index contributed by atoms with van der Waals surface area (Å²) in [7, 11) is 0. The maximum atomic E-state index is 12.6. The Morgan fingerprint density at radius 2 is 2.04 bits per heavy atom. The van der Waals surface area contributed by atoms with Gasteiger partial charge >= 0.3 is 0 Å². The quantitative estimate of drug-likeness (QED) is 0.847. The molecule has 1 aromatic carbocycles. The van der Waals surface area contributed by atoms with E-state index in [1.807, 2.05) is 4.90 Å². The van der Waals surface area contributed by atoms with Crippen molar-refractivity contribution in [3.05, 3.63) is 34.4 Å². The molecule has 1 saturated heterocycles. The number of aromatic nitrogens is 2. The normalized spacial score (nSPS) is 22.5.